The van der Waals surface area contributed by atoms with Crippen molar-refractivity contribution in [3.63, 3.8) is 0 Å². The number of para-hydroxylation sites is 1. The minimum Gasteiger partial charge on any atom is -0.361 e. The molecule has 5 heteroatoms. The zero-order valence-electron chi connectivity index (χ0n) is 8.44. The molecule has 0 aliphatic heterocycles. The topological polar surface area (TPSA) is 58.9 Å². The Kier molecular flexibility index (Phi) is 4.35. The van der Waals surface area contributed by atoms with Crippen molar-refractivity contribution in [3.05, 3.63) is 36.0 Å². The first-order chi connectivity index (χ1) is 7.18. The molecule has 1 heterocycles. The molecule has 0 bridgehead atoms. The summed E-state index contributed by atoms with van der Waals surface area (Å²) >= 11 is 5.32. The van der Waals surface area contributed by atoms with Gasteiger partial charge in [-0.1, -0.05) is 18.2 Å². The number of nitrogens with one attached hydrogen (secondary N) is 1. The highest BCUT2D eigenvalue weighted by molar-refractivity contribution is 6.64. The molecular weight excluding hydrogens is 247 g/mol. The van der Waals surface area contributed by atoms with Crippen LogP contribution in [0.2, 0.25) is 0 Å². The van der Waals surface area contributed by atoms with E-state index in [2.05, 4.69) is 4.98 Å². The van der Waals surface area contributed by atoms with E-state index in [9.17, 15) is 4.79 Å². The third kappa shape index (κ3) is 2.55. The summed E-state index contributed by atoms with van der Waals surface area (Å²) in [7, 11) is 0. The summed E-state index contributed by atoms with van der Waals surface area (Å²) in [4.78, 5) is 14.0. The quantitative estimate of drug-likeness (QED) is 0.830. The molecule has 3 nitrogen and oxygen atoms in total. The number of fused-ring (bicyclic) bond motifs is 1. The fourth-order valence-electron chi connectivity index (χ4n) is 1.62. The summed E-state index contributed by atoms with van der Waals surface area (Å²) in [5, 5.41) is 0.589. The Hall–Kier alpha value is -1.03. The van der Waals surface area contributed by atoms with Crippen molar-refractivity contribution in [1.82, 2.24) is 4.98 Å². The van der Waals surface area contributed by atoms with Gasteiger partial charge in [0, 0.05) is 17.1 Å². The van der Waals surface area contributed by atoms with Gasteiger partial charge in [0.05, 0.1) is 6.04 Å². The Morgan fingerprint density at radius 3 is 2.81 bits per heavy atom. The zero-order valence-corrected chi connectivity index (χ0v) is 10.0. The van der Waals surface area contributed by atoms with Crippen LogP contribution >= 0.6 is 24.0 Å². The van der Waals surface area contributed by atoms with Gasteiger partial charge in [0.25, 0.3) is 0 Å². The minimum absolute atomic E-state index is 0. The molecule has 0 spiro atoms. The summed E-state index contributed by atoms with van der Waals surface area (Å²) in [5.41, 5.74) is 7.67. The SMILES string of the molecule is Cl.N[C@@H](Cc1c[nH]c2ccccc12)C(=O)Cl. The van der Waals surface area contributed by atoms with E-state index in [0.717, 1.165) is 16.5 Å². The van der Waals surface area contributed by atoms with E-state index in [4.69, 9.17) is 17.3 Å². The number of H-pyrrole nitrogens is 1. The number of carbonyl (C=O) groups is 1. The largest absolute Gasteiger partial charge is 0.361 e. The molecule has 0 aliphatic carbocycles. The van der Waals surface area contributed by atoms with Crippen molar-refractivity contribution in [1.29, 1.82) is 0 Å². The summed E-state index contributed by atoms with van der Waals surface area (Å²) in [5.74, 6) is 0. The second kappa shape index (κ2) is 5.34. The maximum Gasteiger partial charge on any atom is 0.238 e. The summed E-state index contributed by atoms with van der Waals surface area (Å²) < 4.78 is 0. The Morgan fingerprint density at radius 1 is 1.44 bits per heavy atom. The number of hydrogen-bond acceptors (Lipinski definition) is 2. The van der Waals surface area contributed by atoms with Gasteiger partial charge >= 0.3 is 0 Å². The second-order valence-electron chi connectivity index (χ2n) is 3.47. The first-order valence-corrected chi connectivity index (χ1v) is 5.06. The molecule has 0 saturated carbocycles. The van der Waals surface area contributed by atoms with Gasteiger partial charge in [-0.15, -0.1) is 12.4 Å². The molecule has 0 amide bonds. The molecule has 86 valence electrons. The Labute approximate surface area is 104 Å². The lowest BCUT2D eigenvalue weighted by atomic mass is 10.1. The second-order valence-corrected chi connectivity index (χ2v) is 3.85. The van der Waals surface area contributed by atoms with Gasteiger partial charge in [0.15, 0.2) is 0 Å². The van der Waals surface area contributed by atoms with Crippen LogP contribution in [-0.2, 0) is 11.2 Å². The lowest BCUT2D eigenvalue weighted by Crippen LogP contribution is -2.29. The third-order valence-electron chi connectivity index (χ3n) is 2.41. The molecule has 0 radical (unpaired) electrons. The molecule has 3 N–H and O–H groups in total. The molecule has 1 atom stereocenters. The van der Waals surface area contributed by atoms with Crippen LogP contribution in [-0.4, -0.2) is 16.3 Å². The number of aromatic nitrogens is 1. The Morgan fingerprint density at radius 2 is 2.12 bits per heavy atom. The molecular formula is C11H12Cl2N2O. The van der Waals surface area contributed by atoms with Crippen LogP contribution in [0.1, 0.15) is 5.56 Å². The number of carbonyl (C=O) groups excluding carboxylic acids is 1. The van der Waals surface area contributed by atoms with Crippen LogP contribution in [0.25, 0.3) is 10.9 Å². The third-order valence-corrected chi connectivity index (χ3v) is 2.69. The molecule has 0 fully saturated rings. The number of aromatic amines is 1. The van der Waals surface area contributed by atoms with E-state index in [1.165, 1.54) is 0 Å². The normalized spacial score (nSPS) is 12.1. The smallest absolute Gasteiger partial charge is 0.238 e. The summed E-state index contributed by atoms with van der Waals surface area (Å²) in [6, 6.07) is 7.24. The average molecular weight is 259 g/mol. The number of halogens is 2. The molecule has 0 unspecified atom stereocenters. The van der Waals surface area contributed by atoms with Gasteiger partial charge in [-0.3, -0.25) is 4.79 Å². The molecule has 1 aromatic heterocycles. The highest BCUT2D eigenvalue weighted by Gasteiger charge is 2.13. The highest BCUT2D eigenvalue weighted by Crippen LogP contribution is 2.18. The minimum atomic E-state index is -0.633. The van der Waals surface area contributed by atoms with Crippen molar-refractivity contribution in [3.8, 4) is 0 Å². The van der Waals surface area contributed by atoms with Crippen LogP contribution in [0.4, 0.5) is 0 Å². The van der Waals surface area contributed by atoms with Crippen molar-refractivity contribution >= 4 is 40.2 Å². The maximum absolute atomic E-state index is 10.8. The van der Waals surface area contributed by atoms with Gasteiger partial charge in [0.2, 0.25) is 5.24 Å². The first kappa shape index (κ1) is 13.0. The lowest BCUT2D eigenvalue weighted by Gasteiger charge is -2.04. The van der Waals surface area contributed by atoms with Crippen molar-refractivity contribution < 1.29 is 4.79 Å². The van der Waals surface area contributed by atoms with Gasteiger partial charge in [-0.05, 0) is 29.7 Å². The molecule has 2 aromatic rings. The molecule has 0 saturated heterocycles. The van der Waals surface area contributed by atoms with Crippen LogP contribution in [0.3, 0.4) is 0 Å². The van der Waals surface area contributed by atoms with Gasteiger partial charge in [-0.25, -0.2) is 0 Å². The lowest BCUT2D eigenvalue weighted by molar-refractivity contribution is -0.112. The maximum atomic E-state index is 10.8. The van der Waals surface area contributed by atoms with Crippen LogP contribution < -0.4 is 5.73 Å². The van der Waals surface area contributed by atoms with Crippen LogP contribution in [0.5, 0.6) is 0 Å². The van der Waals surface area contributed by atoms with Crippen molar-refractivity contribution in [2.75, 3.05) is 0 Å². The van der Waals surface area contributed by atoms with E-state index in [1.54, 1.807) is 0 Å². The average Bonchev–Trinajstić information content (AvgIpc) is 2.62. The number of hydrogen-bond donors (Lipinski definition) is 2. The molecule has 0 aliphatic rings. The highest BCUT2D eigenvalue weighted by atomic mass is 35.5. The van der Waals surface area contributed by atoms with E-state index in [0.29, 0.717) is 6.42 Å². The van der Waals surface area contributed by atoms with E-state index >= 15 is 0 Å². The Balaban J connectivity index is 0.00000128. The zero-order chi connectivity index (χ0) is 10.8. The first-order valence-electron chi connectivity index (χ1n) is 4.68. The van der Waals surface area contributed by atoms with Crippen LogP contribution in [0, 0.1) is 0 Å². The van der Waals surface area contributed by atoms with Crippen LogP contribution in [0.15, 0.2) is 30.5 Å². The predicted molar refractivity (Wildman–Crippen MR) is 68.1 cm³/mol. The fourth-order valence-corrected chi connectivity index (χ4v) is 1.69. The Bertz CT molecular complexity index is 495. The number of nitrogens with two attached hydrogens (primary N) is 1. The molecule has 16 heavy (non-hydrogen) atoms. The molecule has 1 aromatic carbocycles. The van der Waals surface area contributed by atoms with E-state index in [-0.39, 0.29) is 12.4 Å². The van der Waals surface area contributed by atoms with Crippen molar-refractivity contribution in [2.24, 2.45) is 5.73 Å². The monoisotopic (exact) mass is 258 g/mol. The van der Waals surface area contributed by atoms with Crippen molar-refractivity contribution in [2.45, 2.75) is 12.5 Å². The van der Waals surface area contributed by atoms with E-state index in [1.807, 2.05) is 30.5 Å². The molecule has 2 rings (SSSR count). The van der Waals surface area contributed by atoms with E-state index < -0.39 is 11.3 Å². The number of rotatable bonds is 3. The van der Waals surface area contributed by atoms with Gasteiger partial charge in [-0.2, -0.15) is 0 Å². The van der Waals surface area contributed by atoms with Gasteiger partial charge < -0.3 is 10.7 Å². The summed E-state index contributed by atoms with van der Waals surface area (Å²) in [6.45, 7) is 0. The van der Waals surface area contributed by atoms with Gasteiger partial charge in [0.1, 0.15) is 0 Å². The number of benzene rings is 1. The fraction of sp³-hybridized carbons (Fsp3) is 0.182. The predicted octanol–water partition coefficient (Wildman–Crippen LogP) is 2.22. The summed E-state index contributed by atoms with van der Waals surface area (Å²) in [6.07, 6.45) is 2.33. The standard InChI is InChI=1S/C11H11ClN2O.ClH/c12-11(15)9(13)5-7-6-14-10-4-2-1-3-8(7)10;/h1-4,6,9,14H,5,13H2;1H/t9-;/m0./s1.